The molecule has 1 atom stereocenters. The molecule has 0 fully saturated rings. The van der Waals surface area contributed by atoms with Crippen LogP contribution >= 0.6 is 0 Å². The molecular weight excluding hydrogens is 336 g/mol. The fourth-order valence-electron chi connectivity index (χ4n) is 2.85. The average Bonchev–Trinajstić information content (AvgIpc) is 2.96. The Labute approximate surface area is 150 Å². The van der Waals surface area contributed by atoms with E-state index in [1.165, 1.54) is 4.57 Å². The number of fused-ring (bicyclic) bond motifs is 1. The van der Waals surface area contributed by atoms with Gasteiger partial charge < -0.3 is 19.2 Å². The smallest absolute Gasteiger partial charge is 0.420 e. The zero-order valence-corrected chi connectivity index (χ0v) is 14.8. The number of oxazole rings is 1. The minimum Gasteiger partial charge on any atom is -0.497 e. The molecular formula is C19H20N2O5. The Balaban J connectivity index is 1.79. The summed E-state index contributed by atoms with van der Waals surface area (Å²) in [6, 6.07) is 12.0. The second-order valence-electron chi connectivity index (χ2n) is 5.82. The number of ether oxygens (including phenoxy) is 2. The Kier molecular flexibility index (Phi) is 4.97. The van der Waals surface area contributed by atoms with Crippen LogP contribution in [0.2, 0.25) is 0 Å². The highest BCUT2D eigenvalue weighted by Crippen LogP contribution is 2.29. The lowest BCUT2D eigenvalue weighted by molar-refractivity contribution is -0.122. The number of nitrogens with zero attached hydrogens (tertiary/aromatic N) is 1. The molecule has 1 heterocycles. The summed E-state index contributed by atoms with van der Waals surface area (Å²) in [7, 11) is 3.14. The van der Waals surface area contributed by atoms with Crippen LogP contribution in [-0.2, 0) is 11.3 Å². The van der Waals surface area contributed by atoms with Gasteiger partial charge in [-0.3, -0.25) is 9.36 Å². The van der Waals surface area contributed by atoms with Crippen LogP contribution in [0.25, 0.3) is 11.1 Å². The molecule has 7 heteroatoms. The molecule has 1 amide bonds. The fraction of sp³-hybridized carbons (Fsp3) is 0.263. The predicted octanol–water partition coefficient (Wildman–Crippen LogP) is 2.49. The van der Waals surface area contributed by atoms with Gasteiger partial charge in [0, 0.05) is 5.56 Å². The number of benzene rings is 2. The molecule has 0 bridgehead atoms. The van der Waals surface area contributed by atoms with Crippen molar-refractivity contribution < 1.29 is 18.7 Å². The van der Waals surface area contributed by atoms with Crippen LogP contribution in [-0.4, -0.2) is 24.7 Å². The predicted molar refractivity (Wildman–Crippen MR) is 96.6 cm³/mol. The maximum absolute atomic E-state index is 12.5. The number of hydrogen-bond donors (Lipinski definition) is 1. The van der Waals surface area contributed by atoms with Crippen molar-refractivity contribution in [3.05, 3.63) is 58.6 Å². The maximum atomic E-state index is 12.5. The van der Waals surface area contributed by atoms with Crippen LogP contribution in [0.4, 0.5) is 0 Å². The van der Waals surface area contributed by atoms with Crippen LogP contribution < -0.4 is 20.5 Å². The number of para-hydroxylation sites is 2. The molecule has 3 aromatic rings. The van der Waals surface area contributed by atoms with Gasteiger partial charge in [-0.15, -0.1) is 0 Å². The first-order chi connectivity index (χ1) is 12.5. The Morgan fingerprint density at radius 3 is 2.69 bits per heavy atom. The van der Waals surface area contributed by atoms with Crippen LogP contribution in [0.3, 0.4) is 0 Å². The standard InChI is InChI=1S/C19H20N2O5/c1-12(14-10-13(24-2)8-9-16(14)25-3)20-18(22)11-21-15-6-4-5-7-17(15)26-19(21)23/h4-10,12H,11H2,1-3H3,(H,20,22)/t12-/m1/s1. The number of carbonyl (C=O) groups is 1. The molecule has 0 aliphatic rings. The third-order valence-electron chi connectivity index (χ3n) is 4.16. The van der Waals surface area contributed by atoms with E-state index in [1.54, 1.807) is 50.6 Å². The average molecular weight is 356 g/mol. The van der Waals surface area contributed by atoms with Gasteiger partial charge >= 0.3 is 5.76 Å². The van der Waals surface area contributed by atoms with Gasteiger partial charge in [0.2, 0.25) is 5.91 Å². The van der Waals surface area contributed by atoms with Crippen molar-refractivity contribution in [2.24, 2.45) is 0 Å². The molecule has 0 unspecified atom stereocenters. The Morgan fingerprint density at radius 1 is 1.19 bits per heavy atom. The van der Waals surface area contributed by atoms with E-state index in [-0.39, 0.29) is 18.5 Å². The van der Waals surface area contributed by atoms with Crippen LogP contribution in [0.5, 0.6) is 11.5 Å². The van der Waals surface area contributed by atoms with Gasteiger partial charge in [-0.1, -0.05) is 12.1 Å². The molecule has 0 spiro atoms. The number of aromatic nitrogens is 1. The first kappa shape index (κ1) is 17.6. The van der Waals surface area contributed by atoms with Gasteiger partial charge in [0.15, 0.2) is 5.58 Å². The summed E-state index contributed by atoms with van der Waals surface area (Å²) >= 11 is 0. The minimum atomic E-state index is -0.562. The second-order valence-corrected chi connectivity index (χ2v) is 5.82. The molecule has 26 heavy (non-hydrogen) atoms. The first-order valence-electron chi connectivity index (χ1n) is 8.13. The highest BCUT2D eigenvalue weighted by Gasteiger charge is 2.17. The quantitative estimate of drug-likeness (QED) is 0.734. The van der Waals surface area contributed by atoms with Gasteiger partial charge in [0.25, 0.3) is 0 Å². The van der Waals surface area contributed by atoms with E-state index >= 15 is 0 Å². The van der Waals surface area contributed by atoms with Crippen molar-refractivity contribution in [1.29, 1.82) is 0 Å². The van der Waals surface area contributed by atoms with E-state index < -0.39 is 5.76 Å². The van der Waals surface area contributed by atoms with E-state index in [1.807, 2.05) is 13.0 Å². The van der Waals surface area contributed by atoms with Gasteiger partial charge in [-0.2, -0.15) is 0 Å². The zero-order valence-electron chi connectivity index (χ0n) is 14.8. The van der Waals surface area contributed by atoms with E-state index in [0.29, 0.717) is 22.6 Å². The molecule has 0 saturated carbocycles. The lowest BCUT2D eigenvalue weighted by Crippen LogP contribution is -2.32. The summed E-state index contributed by atoms with van der Waals surface area (Å²) < 4.78 is 17.0. The number of hydrogen-bond acceptors (Lipinski definition) is 5. The topological polar surface area (TPSA) is 82.7 Å². The molecule has 0 aliphatic carbocycles. The van der Waals surface area contributed by atoms with Gasteiger partial charge in [0.05, 0.1) is 25.8 Å². The fourth-order valence-corrected chi connectivity index (χ4v) is 2.85. The maximum Gasteiger partial charge on any atom is 0.420 e. The highest BCUT2D eigenvalue weighted by atomic mass is 16.5. The molecule has 3 rings (SSSR count). The summed E-state index contributed by atoms with van der Waals surface area (Å²) in [6.45, 7) is 1.71. The normalized spacial score (nSPS) is 12.0. The summed E-state index contributed by atoms with van der Waals surface area (Å²) in [4.78, 5) is 24.5. The Hall–Kier alpha value is -3.22. The van der Waals surface area contributed by atoms with E-state index in [4.69, 9.17) is 13.9 Å². The molecule has 0 aliphatic heterocycles. The lowest BCUT2D eigenvalue weighted by Gasteiger charge is -2.18. The Bertz CT molecular complexity index is 989. The molecule has 136 valence electrons. The van der Waals surface area contributed by atoms with Crippen molar-refractivity contribution in [3.8, 4) is 11.5 Å². The van der Waals surface area contributed by atoms with Gasteiger partial charge in [-0.05, 0) is 37.3 Å². The number of methoxy groups -OCH3 is 2. The van der Waals surface area contributed by atoms with Crippen molar-refractivity contribution in [1.82, 2.24) is 9.88 Å². The van der Waals surface area contributed by atoms with Crippen molar-refractivity contribution in [3.63, 3.8) is 0 Å². The van der Waals surface area contributed by atoms with Crippen LogP contribution in [0, 0.1) is 0 Å². The SMILES string of the molecule is COc1ccc(OC)c([C@@H](C)NC(=O)Cn2c(=O)oc3ccccc32)c1. The van der Waals surface area contributed by atoms with Crippen LogP contribution in [0.1, 0.15) is 18.5 Å². The zero-order chi connectivity index (χ0) is 18.7. The summed E-state index contributed by atoms with van der Waals surface area (Å²) in [5.74, 6) is 0.437. The van der Waals surface area contributed by atoms with E-state index in [9.17, 15) is 9.59 Å². The monoisotopic (exact) mass is 356 g/mol. The van der Waals surface area contributed by atoms with Crippen molar-refractivity contribution in [2.75, 3.05) is 14.2 Å². The number of nitrogens with one attached hydrogen (secondary N) is 1. The van der Waals surface area contributed by atoms with Crippen molar-refractivity contribution >= 4 is 17.0 Å². The van der Waals surface area contributed by atoms with Gasteiger partial charge in [0.1, 0.15) is 18.0 Å². The molecule has 1 N–H and O–H groups in total. The summed E-state index contributed by atoms with van der Waals surface area (Å²) in [6.07, 6.45) is 0. The lowest BCUT2D eigenvalue weighted by atomic mass is 10.1. The Morgan fingerprint density at radius 2 is 1.96 bits per heavy atom. The minimum absolute atomic E-state index is 0.132. The number of carbonyl (C=O) groups excluding carboxylic acids is 1. The van der Waals surface area contributed by atoms with Crippen LogP contribution in [0.15, 0.2) is 51.7 Å². The third kappa shape index (κ3) is 3.42. The number of rotatable bonds is 6. The van der Waals surface area contributed by atoms with Crippen molar-refractivity contribution in [2.45, 2.75) is 19.5 Å². The molecule has 2 aromatic carbocycles. The van der Waals surface area contributed by atoms with E-state index in [2.05, 4.69) is 5.32 Å². The molecule has 1 aromatic heterocycles. The first-order valence-corrected chi connectivity index (χ1v) is 8.13. The molecule has 0 saturated heterocycles. The highest BCUT2D eigenvalue weighted by molar-refractivity contribution is 5.79. The second kappa shape index (κ2) is 7.35. The largest absolute Gasteiger partial charge is 0.497 e. The van der Waals surface area contributed by atoms with E-state index in [0.717, 1.165) is 5.56 Å². The molecule has 7 nitrogen and oxygen atoms in total. The summed E-state index contributed by atoms with van der Waals surface area (Å²) in [5.41, 5.74) is 1.82. The number of amides is 1. The van der Waals surface area contributed by atoms with Gasteiger partial charge in [-0.25, -0.2) is 4.79 Å². The third-order valence-corrected chi connectivity index (χ3v) is 4.16. The summed E-state index contributed by atoms with van der Waals surface area (Å²) in [5, 5.41) is 2.88. The molecule has 0 radical (unpaired) electrons.